The summed E-state index contributed by atoms with van der Waals surface area (Å²) in [6.45, 7) is 4.28. The minimum absolute atomic E-state index is 0.0146. The fourth-order valence-electron chi connectivity index (χ4n) is 3.06. The van der Waals surface area contributed by atoms with Crippen LogP contribution < -0.4 is 14.8 Å². The van der Waals surface area contributed by atoms with Crippen LogP contribution >= 0.6 is 11.6 Å². The van der Waals surface area contributed by atoms with E-state index in [0.717, 1.165) is 11.1 Å². The molecule has 0 saturated heterocycles. The van der Waals surface area contributed by atoms with E-state index in [1.54, 1.807) is 24.3 Å². The summed E-state index contributed by atoms with van der Waals surface area (Å²) in [4.78, 5) is 15.7. The van der Waals surface area contributed by atoms with E-state index in [4.69, 9.17) is 25.6 Å². The molecule has 2 heterocycles. The van der Waals surface area contributed by atoms with Crippen molar-refractivity contribution in [3.8, 4) is 34.3 Å². The summed E-state index contributed by atoms with van der Waals surface area (Å²) in [5, 5.41) is 16.7. The van der Waals surface area contributed by atoms with Gasteiger partial charge in [-0.2, -0.15) is 4.98 Å². The lowest BCUT2D eigenvalue weighted by atomic mass is 10.1. The standard InChI is InChI=1S/C21H20ClN3O5/c1-11(2)29-18-6-4-13(8-15(18)22)20-24-19(25-30-20)12-3-5-17-14(7-12)9-23-16(10-28-17)21(26)27/h3-8,11,16,23H,9-10H2,1-2H3,(H,26,27). The van der Waals surface area contributed by atoms with Gasteiger partial charge in [0.25, 0.3) is 5.89 Å². The number of hydrogen-bond donors (Lipinski definition) is 2. The normalized spacial score (nSPS) is 15.9. The van der Waals surface area contributed by atoms with Gasteiger partial charge in [-0.15, -0.1) is 0 Å². The van der Waals surface area contributed by atoms with Gasteiger partial charge in [0.05, 0.1) is 11.1 Å². The van der Waals surface area contributed by atoms with Crippen molar-refractivity contribution in [2.75, 3.05) is 6.61 Å². The van der Waals surface area contributed by atoms with Crippen molar-refractivity contribution in [3.63, 3.8) is 0 Å². The minimum Gasteiger partial charge on any atom is -0.491 e. The highest BCUT2D eigenvalue weighted by molar-refractivity contribution is 6.32. The monoisotopic (exact) mass is 429 g/mol. The van der Waals surface area contributed by atoms with Crippen molar-refractivity contribution >= 4 is 17.6 Å². The van der Waals surface area contributed by atoms with E-state index in [1.165, 1.54) is 0 Å². The molecule has 1 atom stereocenters. The van der Waals surface area contributed by atoms with Gasteiger partial charge in [0, 0.05) is 23.2 Å². The molecule has 0 saturated carbocycles. The van der Waals surface area contributed by atoms with Crippen molar-refractivity contribution in [1.29, 1.82) is 0 Å². The maximum Gasteiger partial charge on any atom is 0.324 e. The number of carbonyl (C=O) groups is 1. The zero-order valence-electron chi connectivity index (χ0n) is 16.4. The molecule has 0 spiro atoms. The second kappa shape index (κ2) is 8.33. The summed E-state index contributed by atoms with van der Waals surface area (Å²) in [7, 11) is 0. The number of hydrogen-bond acceptors (Lipinski definition) is 7. The highest BCUT2D eigenvalue weighted by atomic mass is 35.5. The number of halogens is 1. The lowest BCUT2D eigenvalue weighted by Crippen LogP contribution is -2.39. The van der Waals surface area contributed by atoms with Gasteiger partial charge in [0.1, 0.15) is 24.1 Å². The number of aliphatic carboxylic acids is 1. The van der Waals surface area contributed by atoms with E-state index < -0.39 is 12.0 Å². The van der Waals surface area contributed by atoms with E-state index in [1.807, 2.05) is 26.0 Å². The number of nitrogens with zero attached hydrogens (tertiary/aromatic N) is 2. The molecule has 1 unspecified atom stereocenters. The quantitative estimate of drug-likeness (QED) is 0.631. The number of ether oxygens (including phenoxy) is 2. The molecule has 4 rings (SSSR count). The second-order valence-corrected chi connectivity index (χ2v) is 7.55. The fourth-order valence-corrected chi connectivity index (χ4v) is 3.29. The molecule has 0 bridgehead atoms. The molecule has 1 aliphatic heterocycles. The first-order chi connectivity index (χ1) is 14.4. The summed E-state index contributed by atoms with van der Waals surface area (Å²) < 4.78 is 16.7. The van der Waals surface area contributed by atoms with Gasteiger partial charge < -0.3 is 19.1 Å². The lowest BCUT2D eigenvalue weighted by molar-refractivity contribution is -0.140. The van der Waals surface area contributed by atoms with E-state index in [-0.39, 0.29) is 12.7 Å². The van der Waals surface area contributed by atoms with Crippen LogP contribution in [-0.4, -0.2) is 40.0 Å². The van der Waals surface area contributed by atoms with Gasteiger partial charge >= 0.3 is 5.97 Å². The van der Waals surface area contributed by atoms with Crippen LogP contribution in [0, 0.1) is 0 Å². The second-order valence-electron chi connectivity index (χ2n) is 7.14. The van der Waals surface area contributed by atoms with Crippen LogP contribution in [0.25, 0.3) is 22.8 Å². The third kappa shape index (κ3) is 4.24. The van der Waals surface area contributed by atoms with Gasteiger partial charge in [0.15, 0.2) is 0 Å². The lowest BCUT2D eigenvalue weighted by Gasteiger charge is -2.11. The average Bonchev–Trinajstić information content (AvgIpc) is 3.09. The first-order valence-electron chi connectivity index (χ1n) is 9.43. The van der Waals surface area contributed by atoms with E-state index >= 15 is 0 Å². The van der Waals surface area contributed by atoms with Gasteiger partial charge in [-0.3, -0.25) is 10.1 Å². The molecular weight excluding hydrogens is 410 g/mol. The molecule has 0 fully saturated rings. The molecular formula is C21H20ClN3O5. The molecule has 156 valence electrons. The molecule has 0 radical (unpaired) electrons. The van der Waals surface area contributed by atoms with Crippen LogP contribution in [0.3, 0.4) is 0 Å². The summed E-state index contributed by atoms with van der Waals surface area (Å²) in [6, 6.07) is 9.98. The molecule has 8 nitrogen and oxygen atoms in total. The van der Waals surface area contributed by atoms with Gasteiger partial charge in [-0.25, -0.2) is 0 Å². The Morgan fingerprint density at radius 2 is 2.07 bits per heavy atom. The summed E-state index contributed by atoms with van der Waals surface area (Å²) in [5.41, 5.74) is 2.23. The SMILES string of the molecule is CC(C)Oc1ccc(-c2nc(-c3ccc4c(c3)CNC(C(=O)O)CO4)no2)cc1Cl. The van der Waals surface area contributed by atoms with Crippen molar-refractivity contribution in [2.45, 2.75) is 32.5 Å². The maximum atomic E-state index is 11.2. The number of aromatic nitrogens is 2. The maximum absolute atomic E-state index is 11.2. The van der Waals surface area contributed by atoms with Crippen LogP contribution in [0.4, 0.5) is 0 Å². The van der Waals surface area contributed by atoms with Crippen LogP contribution in [0.5, 0.6) is 11.5 Å². The molecule has 9 heteroatoms. The number of rotatable bonds is 5. The topological polar surface area (TPSA) is 107 Å². The van der Waals surface area contributed by atoms with E-state index in [0.29, 0.717) is 40.3 Å². The average molecular weight is 430 g/mol. The molecule has 30 heavy (non-hydrogen) atoms. The van der Waals surface area contributed by atoms with E-state index in [2.05, 4.69) is 15.5 Å². The molecule has 2 aromatic carbocycles. The Kier molecular flexibility index (Phi) is 5.61. The Hall–Kier alpha value is -3.10. The van der Waals surface area contributed by atoms with Crippen LogP contribution in [-0.2, 0) is 11.3 Å². The van der Waals surface area contributed by atoms with Gasteiger partial charge in [-0.1, -0.05) is 16.8 Å². The van der Waals surface area contributed by atoms with Crippen molar-refractivity contribution < 1.29 is 23.9 Å². The van der Waals surface area contributed by atoms with E-state index in [9.17, 15) is 9.90 Å². The Bertz CT molecular complexity index is 1080. The van der Waals surface area contributed by atoms with Crippen LogP contribution in [0.15, 0.2) is 40.9 Å². The fraction of sp³-hybridized carbons (Fsp3) is 0.286. The van der Waals surface area contributed by atoms with Crippen molar-refractivity contribution in [1.82, 2.24) is 15.5 Å². The van der Waals surface area contributed by atoms with Crippen molar-refractivity contribution in [2.24, 2.45) is 0 Å². The smallest absolute Gasteiger partial charge is 0.324 e. The molecule has 0 amide bonds. The third-order valence-electron chi connectivity index (χ3n) is 4.53. The Morgan fingerprint density at radius 3 is 2.80 bits per heavy atom. The largest absolute Gasteiger partial charge is 0.491 e. The minimum atomic E-state index is -0.950. The van der Waals surface area contributed by atoms with Crippen LogP contribution in [0.1, 0.15) is 19.4 Å². The Morgan fingerprint density at radius 1 is 1.27 bits per heavy atom. The number of fused-ring (bicyclic) bond motifs is 1. The molecule has 2 N–H and O–H groups in total. The number of benzene rings is 2. The number of carboxylic acids is 1. The Labute approximate surface area is 177 Å². The summed E-state index contributed by atoms with van der Waals surface area (Å²) in [5.74, 6) is 1.01. The van der Waals surface area contributed by atoms with Gasteiger partial charge in [-0.05, 0) is 50.2 Å². The summed E-state index contributed by atoms with van der Waals surface area (Å²) in [6.07, 6.45) is 0.0146. The predicted molar refractivity (Wildman–Crippen MR) is 110 cm³/mol. The Balaban J connectivity index is 1.57. The molecule has 1 aromatic heterocycles. The number of carboxylic acid groups (broad SMARTS) is 1. The summed E-state index contributed by atoms with van der Waals surface area (Å²) >= 11 is 6.30. The first-order valence-corrected chi connectivity index (χ1v) is 9.81. The first kappa shape index (κ1) is 20.2. The zero-order valence-corrected chi connectivity index (χ0v) is 17.1. The number of nitrogens with one attached hydrogen (secondary N) is 1. The van der Waals surface area contributed by atoms with Gasteiger partial charge in [0.2, 0.25) is 5.82 Å². The molecule has 0 aliphatic carbocycles. The highest BCUT2D eigenvalue weighted by Gasteiger charge is 2.23. The molecule has 3 aromatic rings. The highest BCUT2D eigenvalue weighted by Crippen LogP contribution is 2.32. The molecule has 1 aliphatic rings. The zero-order chi connectivity index (χ0) is 21.3. The van der Waals surface area contributed by atoms with Crippen LogP contribution in [0.2, 0.25) is 5.02 Å². The predicted octanol–water partition coefficient (Wildman–Crippen LogP) is 3.78. The van der Waals surface area contributed by atoms with Crippen molar-refractivity contribution in [3.05, 3.63) is 47.0 Å². The third-order valence-corrected chi connectivity index (χ3v) is 4.82.